The van der Waals surface area contributed by atoms with Crippen molar-refractivity contribution in [2.24, 2.45) is 5.41 Å². The van der Waals surface area contributed by atoms with E-state index in [1.165, 1.54) is 38.2 Å². The smallest absolute Gasteiger partial charge is 0.416 e. The standard InChI is InChI=1S/C36H34F7NO5/c1-19-31(23-11-25(35(38,39)40)16-26(12-23)36(41,42)43)49-33(46)44(19)18-24-17-34(2,3)9-8-28(24)21-10-22(14-27(13-21)47-4)29-7-6-20(15-30(29)37)32(45)48-5/h6-7,10-16,19,31H,8-9,17-18H2,1-5H3/t19-,31-/m0/s1. The highest BCUT2D eigenvalue weighted by Crippen LogP contribution is 2.46. The van der Waals surface area contributed by atoms with Crippen LogP contribution >= 0.6 is 0 Å². The molecule has 13 heteroatoms. The van der Waals surface area contributed by atoms with Crippen LogP contribution in [0, 0.1) is 11.2 Å². The van der Waals surface area contributed by atoms with Gasteiger partial charge in [-0.15, -0.1) is 0 Å². The summed E-state index contributed by atoms with van der Waals surface area (Å²) >= 11 is 0. The van der Waals surface area contributed by atoms with Crippen LogP contribution in [0.1, 0.15) is 78.7 Å². The number of benzene rings is 3. The molecular formula is C36H34F7NO5. The Morgan fingerprint density at radius 3 is 2.14 bits per heavy atom. The van der Waals surface area contributed by atoms with Gasteiger partial charge in [0.05, 0.1) is 37.0 Å². The van der Waals surface area contributed by atoms with Gasteiger partial charge < -0.3 is 14.2 Å². The maximum atomic E-state index is 15.3. The van der Waals surface area contributed by atoms with Crippen LogP contribution in [-0.2, 0) is 21.8 Å². The van der Waals surface area contributed by atoms with E-state index in [1.54, 1.807) is 18.2 Å². The number of cyclic esters (lactones) is 1. The maximum absolute atomic E-state index is 15.3. The number of halogens is 7. The molecule has 0 unspecified atom stereocenters. The molecule has 6 nitrogen and oxygen atoms in total. The van der Waals surface area contributed by atoms with Crippen molar-refractivity contribution in [3.63, 3.8) is 0 Å². The van der Waals surface area contributed by atoms with Gasteiger partial charge in [-0.2, -0.15) is 26.3 Å². The SMILES string of the molecule is COC(=O)c1ccc(-c2cc(OC)cc(C3=C(CN4C(=O)O[C@H](c5cc(C(F)(F)F)cc(C(F)(F)F)c5)[C@@H]4C)CC(C)(C)CC3)c2)c(F)c1. The molecule has 0 N–H and O–H groups in total. The molecule has 0 saturated carbocycles. The first kappa shape index (κ1) is 35.7. The van der Waals surface area contributed by atoms with Crippen molar-refractivity contribution in [2.45, 2.75) is 64.5 Å². The summed E-state index contributed by atoms with van der Waals surface area (Å²) in [5, 5.41) is 0. The van der Waals surface area contributed by atoms with Crippen molar-refractivity contribution in [1.29, 1.82) is 0 Å². The van der Waals surface area contributed by atoms with E-state index in [-0.39, 0.29) is 29.2 Å². The summed E-state index contributed by atoms with van der Waals surface area (Å²) in [6.45, 7) is 5.61. The first-order valence-corrected chi connectivity index (χ1v) is 15.4. The Labute approximate surface area is 278 Å². The molecule has 1 aliphatic heterocycles. The van der Waals surface area contributed by atoms with Gasteiger partial charge in [0.1, 0.15) is 17.7 Å². The van der Waals surface area contributed by atoms with E-state index >= 15 is 4.39 Å². The number of ether oxygens (including phenoxy) is 3. The van der Waals surface area contributed by atoms with Gasteiger partial charge >= 0.3 is 24.4 Å². The second kappa shape index (κ2) is 13.1. The summed E-state index contributed by atoms with van der Waals surface area (Å²) in [6.07, 6.45) is -10.6. The summed E-state index contributed by atoms with van der Waals surface area (Å²) in [5.74, 6) is -0.939. The minimum atomic E-state index is -5.06. The average Bonchev–Trinajstić information content (AvgIpc) is 3.31. The zero-order valence-electron chi connectivity index (χ0n) is 27.3. The number of hydrogen-bond donors (Lipinski definition) is 0. The lowest BCUT2D eigenvalue weighted by atomic mass is 9.72. The number of alkyl halides is 6. The monoisotopic (exact) mass is 693 g/mol. The Hall–Kier alpha value is -4.55. The molecule has 1 aliphatic carbocycles. The molecule has 262 valence electrons. The van der Waals surface area contributed by atoms with E-state index in [0.29, 0.717) is 41.9 Å². The van der Waals surface area contributed by atoms with Crippen molar-refractivity contribution in [2.75, 3.05) is 20.8 Å². The summed E-state index contributed by atoms with van der Waals surface area (Å²) in [5.41, 5.74) is -0.589. The number of carbonyl (C=O) groups excluding carboxylic acids is 2. The van der Waals surface area contributed by atoms with Crippen LogP contribution in [0.25, 0.3) is 16.7 Å². The molecule has 2 atom stereocenters. The van der Waals surface area contributed by atoms with Crippen LogP contribution in [0.15, 0.2) is 60.2 Å². The largest absolute Gasteiger partial charge is 0.497 e. The van der Waals surface area contributed by atoms with Crippen LogP contribution in [0.5, 0.6) is 5.75 Å². The molecule has 0 bridgehead atoms. The fourth-order valence-electron chi connectivity index (χ4n) is 6.46. The highest BCUT2D eigenvalue weighted by atomic mass is 19.4. The number of carbonyl (C=O) groups is 2. The number of amides is 1. The third-order valence-electron chi connectivity index (χ3n) is 9.05. The quantitative estimate of drug-likeness (QED) is 0.182. The van der Waals surface area contributed by atoms with Gasteiger partial charge in [-0.1, -0.05) is 19.9 Å². The number of esters is 1. The lowest BCUT2D eigenvalue weighted by Gasteiger charge is -2.35. The Bertz CT molecular complexity index is 1780. The van der Waals surface area contributed by atoms with Crippen molar-refractivity contribution >= 4 is 17.6 Å². The van der Waals surface area contributed by atoms with E-state index < -0.39 is 59.1 Å². The summed E-state index contributed by atoms with van der Waals surface area (Å²) in [6, 6.07) is 9.43. The topological polar surface area (TPSA) is 65.1 Å². The second-order valence-electron chi connectivity index (χ2n) is 13.1. The number of hydrogen-bond acceptors (Lipinski definition) is 5. The highest BCUT2D eigenvalue weighted by molar-refractivity contribution is 5.90. The zero-order valence-corrected chi connectivity index (χ0v) is 27.3. The molecule has 1 saturated heterocycles. The fourth-order valence-corrected chi connectivity index (χ4v) is 6.46. The first-order valence-electron chi connectivity index (χ1n) is 15.4. The second-order valence-corrected chi connectivity index (χ2v) is 13.1. The molecule has 0 aromatic heterocycles. The van der Waals surface area contributed by atoms with Crippen molar-refractivity contribution in [3.8, 4) is 16.9 Å². The Morgan fingerprint density at radius 1 is 0.939 bits per heavy atom. The predicted molar refractivity (Wildman–Crippen MR) is 166 cm³/mol. The minimum absolute atomic E-state index is 0.00488. The lowest BCUT2D eigenvalue weighted by molar-refractivity contribution is -0.143. The fraction of sp³-hybridized carbons (Fsp3) is 0.389. The van der Waals surface area contributed by atoms with Gasteiger partial charge in [0.15, 0.2) is 0 Å². The molecule has 1 fully saturated rings. The first-order chi connectivity index (χ1) is 22.8. The number of nitrogens with zero attached hydrogens (tertiary/aromatic N) is 1. The normalized spacial score (nSPS) is 19.6. The van der Waals surface area contributed by atoms with Gasteiger partial charge in [-0.3, -0.25) is 4.90 Å². The van der Waals surface area contributed by atoms with Gasteiger partial charge in [-0.05, 0) is 108 Å². The van der Waals surface area contributed by atoms with E-state index in [1.807, 2.05) is 0 Å². The summed E-state index contributed by atoms with van der Waals surface area (Å²) in [7, 11) is 2.65. The predicted octanol–water partition coefficient (Wildman–Crippen LogP) is 9.87. The van der Waals surface area contributed by atoms with E-state index in [9.17, 15) is 35.9 Å². The molecule has 0 radical (unpaired) electrons. The van der Waals surface area contributed by atoms with E-state index in [2.05, 4.69) is 18.6 Å². The molecule has 3 aromatic rings. The number of rotatable bonds is 7. The zero-order chi connectivity index (χ0) is 36.1. The molecule has 2 aliphatic rings. The maximum Gasteiger partial charge on any atom is 0.416 e. The minimum Gasteiger partial charge on any atom is -0.497 e. The molecular weight excluding hydrogens is 659 g/mol. The molecule has 49 heavy (non-hydrogen) atoms. The van der Waals surface area contributed by atoms with Gasteiger partial charge in [0, 0.05) is 12.1 Å². The van der Waals surface area contributed by atoms with Gasteiger partial charge in [0.25, 0.3) is 0 Å². The van der Waals surface area contributed by atoms with Gasteiger partial charge in [-0.25, -0.2) is 14.0 Å². The third-order valence-corrected chi connectivity index (χ3v) is 9.05. The highest BCUT2D eigenvalue weighted by Gasteiger charge is 2.44. The van der Waals surface area contributed by atoms with Crippen LogP contribution in [0.4, 0.5) is 35.5 Å². The summed E-state index contributed by atoms with van der Waals surface area (Å²) in [4.78, 5) is 26.5. The van der Waals surface area contributed by atoms with Crippen LogP contribution < -0.4 is 4.74 Å². The van der Waals surface area contributed by atoms with Crippen LogP contribution in [0.2, 0.25) is 0 Å². The van der Waals surface area contributed by atoms with E-state index in [4.69, 9.17) is 9.47 Å². The summed E-state index contributed by atoms with van der Waals surface area (Å²) < 4.78 is 113. The van der Waals surface area contributed by atoms with Crippen molar-refractivity contribution < 1.29 is 54.5 Å². The van der Waals surface area contributed by atoms with Gasteiger partial charge in [0.2, 0.25) is 0 Å². The molecule has 1 heterocycles. The van der Waals surface area contributed by atoms with Crippen molar-refractivity contribution in [3.05, 3.63) is 93.8 Å². The number of methoxy groups -OCH3 is 2. The van der Waals surface area contributed by atoms with E-state index in [0.717, 1.165) is 23.6 Å². The number of allylic oxidation sites excluding steroid dienone is 1. The van der Waals surface area contributed by atoms with Crippen LogP contribution in [0.3, 0.4) is 0 Å². The Balaban J connectivity index is 1.54. The Kier molecular flexibility index (Phi) is 9.52. The average molecular weight is 694 g/mol. The molecule has 3 aromatic carbocycles. The molecule has 1 amide bonds. The molecule has 0 spiro atoms. The van der Waals surface area contributed by atoms with Crippen molar-refractivity contribution in [1.82, 2.24) is 4.90 Å². The lowest BCUT2D eigenvalue weighted by Crippen LogP contribution is -2.35. The molecule has 5 rings (SSSR count). The Morgan fingerprint density at radius 2 is 1.57 bits per heavy atom. The van der Waals surface area contributed by atoms with Crippen LogP contribution in [-0.4, -0.2) is 43.8 Å². The third kappa shape index (κ3) is 7.55.